The molecule has 0 spiro atoms. The maximum atomic E-state index is 11.8. The van der Waals surface area contributed by atoms with E-state index >= 15 is 0 Å². The fraction of sp³-hybridized carbons (Fsp3) is 0.308. The van der Waals surface area contributed by atoms with Gasteiger partial charge in [-0.1, -0.05) is 0 Å². The molecule has 1 rings (SSSR count). The number of hydrogen-bond acceptors (Lipinski definition) is 5. The summed E-state index contributed by atoms with van der Waals surface area (Å²) in [5.41, 5.74) is 0.575. The van der Waals surface area contributed by atoms with E-state index in [1.54, 1.807) is 25.4 Å². The number of carbonyl (C=O) groups is 2. The highest BCUT2D eigenvalue weighted by atomic mass is 79.9. The highest BCUT2D eigenvalue weighted by Crippen LogP contribution is 2.14. The molecule has 0 N–H and O–H groups in total. The van der Waals surface area contributed by atoms with Crippen LogP contribution in [0, 0.1) is 0 Å². The van der Waals surface area contributed by atoms with Crippen molar-refractivity contribution in [3.63, 3.8) is 0 Å². The number of hydrogen-bond donors (Lipinski definition) is 0. The highest BCUT2D eigenvalue weighted by molar-refractivity contribution is 9.10. The minimum Gasteiger partial charge on any atom is -0.462 e. The minimum atomic E-state index is -0.662. The number of nitrogens with zero attached hydrogens (tertiary/aromatic N) is 1. The van der Waals surface area contributed by atoms with Crippen LogP contribution in [0.15, 0.2) is 28.5 Å². The van der Waals surface area contributed by atoms with E-state index < -0.39 is 11.8 Å². The molecule has 19 heavy (non-hydrogen) atoms. The van der Waals surface area contributed by atoms with Crippen LogP contribution in [0.1, 0.15) is 12.5 Å². The molecule has 0 aliphatic carbocycles. The normalized spacial score (nSPS) is 11.2. The number of methoxy groups -OCH3 is 1. The van der Waals surface area contributed by atoms with Crippen LogP contribution in [-0.2, 0) is 19.1 Å². The van der Waals surface area contributed by atoms with Crippen molar-refractivity contribution in [2.24, 2.45) is 0 Å². The molecule has 5 nitrogen and oxygen atoms in total. The van der Waals surface area contributed by atoms with E-state index in [0.717, 1.165) is 4.47 Å². The van der Waals surface area contributed by atoms with Gasteiger partial charge in [-0.3, -0.25) is 9.78 Å². The topological polar surface area (TPSA) is 65.5 Å². The maximum Gasteiger partial charge on any atom is 0.341 e. The standard InChI is InChI=1S/C13H14BrNO4/c1-3-19-13(17)11(12(16)8-18-2)5-9-4-10(14)7-15-6-9/h4-7H,3,8H2,1-2H3. The van der Waals surface area contributed by atoms with Crippen molar-refractivity contribution >= 4 is 33.8 Å². The van der Waals surface area contributed by atoms with Crippen molar-refractivity contribution in [2.75, 3.05) is 20.3 Å². The zero-order valence-electron chi connectivity index (χ0n) is 10.7. The average Bonchev–Trinajstić information content (AvgIpc) is 2.36. The van der Waals surface area contributed by atoms with Crippen LogP contribution >= 0.6 is 15.9 Å². The molecular weight excluding hydrogens is 314 g/mol. The summed E-state index contributed by atoms with van der Waals surface area (Å²) in [5, 5.41) is 0. The molecule has 102 valence electrons. The van der Waals surface area contributed by atoms with Gasteiger partial charge in [0.1, 0.15) is 12.2 Å². The van der Waals surface area contributed by atoms with Gasteiger partial charge in [0.2, 0.25) is 0 Å². The molecule has 0 saturated heterocycles. The molecule has 6 heteroatoms. The van der Waals surface area contributed by atoms with E-state index in [9.17, 15) is 9.59 Å². The lowest BCUT2D eigenvalue weighted by Gasteiger charge is -2.06. The first kappa shape index (κ1) is 15.5. The zero-order chi connectivity index (χ0) is 14.3. The molecule has 0 amide bonds. The summed E-state index contributed by atoms with van der Waals surface area (Å²) in [6.07, 6.45) is 4.60. The zero-order valence-corrected chi connectivity index (χ0v) is 12.3. The smallest absolute Gasteiger partial charge is 0.341 e. The van der Waals surface area contributed by atoms with Crippen LogP contribution in [0.25, 0.3) is 6.08 Å². The number of ether oxygens (including phenoxy) is 2. The second-order valence-corrected chi connectivity index (χ2v) is 4.49. The van der Waals surface area contributed by atoms with Crippen LogP contribution in [0.2, 0.25) is 0 Å². The fourth-order valence-corrected chi connectivity index (χ4v) is 1.73. The molecule has 1 heterocycles. The first-order valence-corrected chi connectivity index (χ1v) is 6.39. The lowest BCUT2D eigenvalue weighted by atomic mass is 10.1. The number of esters is 1. The van der Waals surface area contributed by atoms with Gasteiger partial charge >= 0.3 is 5.97 Å². The van der Waals surface area contributed by atoms with Gasteiger partial charge in [0.25, 0.3) is 0 Å². The first-order valence-electron chi connectivity index (χ1n) is 5.60. The maximum absolute atomic E-state index is 11.8. The van der Waals surface area contributed by atoms with Gasteiger partial charge in [-0.2, -0.15) is 0 Å². The Morgan fingerprint density at radius 3 is 2.74 bits per heavy atom. The number of halogens is 1. The largest absolute Gasteiger partial charge is 0.462 e. The van der Waals surface area contributed by atoms with Gasteiger partial charge in [-0.05, 0) is 40.6 Å². The third kappa shape index (κ3) is 4.92. The van der Waals surface area contributed by atoms with Crippen molar-refractivity contribution in [3.05, 3.63) is 34.1 Å². The van der Waals surface area contributed by atoms with Crippen LogP contribution in [0.3, 0.4) is 0 Å². The number of ketones is 1. The monoisotopic (exact) mass is 327 g/mol. The third-order valence-electron chi connectivity index (χ3n) is 2.11. The lowest BCUT2D eigenvalue weighted by Crippen LogP contribution is -2.19. The van der Waals surface area contributed by atoms with Crippen molar-refractivity contribution in [2.45, 2.75) is 6.92 Å². The summed E-state index contributed by atoms with van der Waals surface area (Å²) < 4.78 is 10.4. The Hall–Kier alpha value is -1.53. The molecule has 0 radical (unpaired) electrons. The predicted octanol–water partition coefficient (Wildman–Crippen LogP) is 2.01. The van der Waals surface area contributed by atoms with Crippen molar-refractivity contribution in [3.8, 4) is 0 Å². The predicted molar refractivity (Wildman–Crippen MR) is 73.4 cm³/mol. The number of pyridine rings is 1. The van der Waals surface area contributed by atoms with E-state index in [-0.39, 0.29) is 18.8 Å². The molecule has 0 aromatic carbocycles. The molecule has 0 fully saturated rings. The third-order valence-corrected chi connectivity index (χ3v) is 2.54. The van der Waals surface area contributed by atoms with Crippen molar-refractivity contribution < 1.29 is 19.1 Å². The van der Waals surface area contributed by atoms with Gasteiger partial charge in [-0.25, -0.2) is 4.79 Å². The number of carbonyl (C=O) groups excluding carboxylic acids is 2. The molecule has 0 bridgehead atoms. The number of rotatable bonds is 6. The fourth-order valence-electron chi connectivity index (χ4n) is 1.34. The summed E-state index contributed by atoms with van der Waals surface area (Å²) >= 11 is 3.27. The quantitative estimate of drug-likeness (QED) is 0.346. The molecule has 0 saturated carbocycles. The van der Waals surface area contributed by atoms with E-state index in [2.05, 4.69) is 20.9 Å². The van der Waals surface area contributed by atoms with E-state index in [4.69, 9.17) is 9.47 Å². The molecule has 0 aliphatic rings. The van der Waals surface area contributed by atoms with Gasteiger partial charge in [-0.15, -0.1) is 0 Å². The summed E-state index contributed by atoms with van der Waals surface area (Å²) in [7, 11) is 1.39. The van der Waals surface area contributed by atoms with Crippen molar-refractivity contribution in [1.82, 2.24) is 4.98 Å². The Morgan fingerprint density at radius 1 is 1.42 bits per heavy atom. The Morgan fingerprint density at radius 2 is 2.16 bits per heavy atom. The molecule has 1 aromatic heterocycles. The number of Topliss-reactive ketones (excluding diaryl/α,β-unsaturated/α-hetero) is 1. The Labute approximate surface area is 119 Å². The second kappa shape index (κ2) is 7.81. The van der Waals surface area contributed by atoms with E-state index in [0.29, 0.717) is 5.56 Å². The molecule has 0 atom stereocenters. The Balaban J connectivity index is 3.08. The number of aromatic nitrogens is 1. The van der Waals surface area contributed by atoms with Crippen LogP contribution in [-0.4, -0.2) is 37.1 Å². The van der Waals surface area contributed by atoms with Crippen molar-refractivity contribution in [1.29, 1.82) is 0 Å². The van der Waals surface area contributed by atoms with E-state index in [1.807, 2.05) is 0 Å². The van der Waals surface area contributed by atoms with Gasteiger partial charge in [0.05, 0.1) is 6.61 Å². The molecule has 0 aliphatic heterocycles. The van der Waals surface area contributed by atoms with Gasteiger partial charge in [0, 0.05) is 24.0 Å². The average molecular weight is 328 g/mol. The second-order valence-electron chi connectivity index (χ2n) is 3.57. The SMILES string of the molecule is CCOC(=O)C(=Cc1cncc(Br)c1)C(=O)COC. The lowest BCUT2D eigenvalue weighted by molar-refractivity contribution is -0.140. The minimum absolute atomic E-state index is 0.0522. The van der Waals surface area contributed by atoms with Crippen LogP contribution < -0.4 is 0 Å². The van der Waals surface area contributed by atoms with Gasteiger partial charge in [0.15, 0.2) is 5.78 Å². The Kier molecular flexibility index (Phi) is 6.38. The highest BCUT2D eigenvalue weighted by Gasteiger charge is 2.19. The molecule has 0 unspecified atom stereocenters. The molecular formula is C13H14BrNO4. The van der Waals surface area contributed by atoms with Crippen LogP contribution in [0.4, 0.5) is 0 Å². The van der Waals surface area contributed by atoms with Gasteiger partial charge < -0.3 is 9.47 Å². The Bertz CT molecular complexity index is 479. The van der Waals surface area contributed by atoms with Crippen LogP contribution in [0.5, 0.6) is 0 Å². The summed E-state index contributed by atoms with van der Waals surface area (Å²) in [4.78, 5) is 27.5. The first-order chi connectivity index (χ1) is 9.08. The summed E-state index contributed by atoms with van der Waals surface area (Å²) in [6.45, 7) is 1.70. The summed E-state index contributed by atoms with van der Waals surface area (Å²) in [5.74, 6) is -1.09. The van der Waals surface area contributed by atoms with E-state index in [1.165, 1.54) is 13.2 Å². The molecule has 1 aromatic rings. The summed E-state index contributed by atoms with van der Waals surface area (Å²) in [6, 6.07) is 1.74.